The van der Waals surface area contributed by atoms with E-state index in [1.165, 1.54) is 96.3 Å². The summed E-state index contributed by atoms with van der Waals surface area (Å²) >= 11 is 0. The van der Waals surface area contributed by atoms with Crippen molar-refractivity contribution >= 4 is 0 Å². The summed E-state index contributed by atoms with van der Waals surface area (Å²) in [6, 6.07) is 0. The molecule has 0 heterocycles. The molecule has 0 saturated carbocycles. The van der Waals surface area contributed by atoms with Crippen LogP contribution in [0.2, 0.25) is 0 Å². The first-order valence-corrected chi connectivity index (χ1v) is 12.1. The Morgan fingerprint density at radius 2 is 1.00 bits per heavy atom. The second kappa shape index (κ2) is 23.9. The smallest absolute Gasteiger partial charge is 0.104 e. The quantitative estimate of drug-likeness (QED) is 0.191. The van der Waals surface area contributed by atoms with Gasteiger partial charge in [0.2, 0.25) is 0 Å². The summed E-state index contributed by atoms with van der Waals surface area (Å²) in [5, 5.41) is 9.19. The van der Waals surface area contributed by atoms with Crippen molar-refractivity contribution in [2.24, 2.45) is 0 Å². The highest BCUT2D eigenvalue weighted by Gasteiger charge is 2.06. The highest BCUT2D eigenvalue weighted by molar-refractivity contribution is 4.54. The van der Waals surface area contributed by atoms with Crippen LogP contribution in [0, 0.1) is 0 Å². The Labute approximate surface area is 170 Å². The van der Waals surface area contributed by atoms with Gasteiger partial charge in [0.25, 0.3) is 0 Å². The van der Waals surface area contributed by atoms with Crippen LogP contribution in [0.1, 0.15) is 123 Å². The van der Waals surface area contributed by atoms with Crippen LogP contribution >= 0.6 is 0 Å². The van der Waals surface area contributed by atoms with Crippen molar-refractivity contribution in [1.82, 2.24) is 0 Å². The monoisotopic (exact) mass is 386 g/mol. The molecule has 0 bridgehead atoms. The molecule has 1 atom stereocenters. The molecule has 0 radical (unpaired) electrons. The Hall–Kier alpha value is -0.120. The Kier molecular flexibility index (Phi) is 23.8. The van der Waals surface area contributed by atoms with Crippen LogP contribution in [-0.2, 0) is 9.47 Å². The number of aliphatic hydroxyl groups excluding tert-OH is 1. The van der Waals surface area contributed by atoms with Gasteiger partial charge in [-0.3, -0.25) is 0 Å². The zero-order valence-electron chi connectivity index (χ0n) is 18.7. The zero-order valence-corrected chi connectivity index (χ0v) is 18.7. The van der Waals surface area contributed by atoms with Crippen LogP contribution in [0.25, 0.3) is 0 Å². The van der Waals surface area contributed by atoms with E-state index in [-0.39, 0.29) is 12.7 Å². The van der Waals surface area contributed by atoms with Gasteiger partial charge in [0.15, 0.2) is 0 Å². The standard InChI is InChI=1S/C24H50O3/c1-3-5-6-7-8-9-10-11-12-13-14-15-16-17-18-19-21-26-23-24(22-25)27-20-4-2/h24-25H,3-23H2,1-2H3. The molecule has 164 valence electrons. The van der Waals surface area contributed by atoms with E-state index in [2.05, 4.69) is 13.8 Å². The molecule has 0 aromatic carbocycles. The fourth-order valence-electron chi connectivity index (χ4n) is 3.41. The molecule has 3 nitrogen and oxygen atoms in total. The van der Waals surface area contributed by atoms with E-state index in [9.17, 15) is 5.11 Å². The maximum atomic E-state index is 9.19. The molecule has 1 unspecified atom stereocenters. The maximum Gasteiger partial charge on any atom is 0.104 e. The predicted octanol–water partition coefficient (Wildman–Crippen LogP) is 7.05. The predicted molar refractivity (Wildman–Crippen MR) is 117 cm³/mol. The van der Waals surface area contributed by atoms with Gasteiger partial charge in [0.1, 0.15) is 6.10 Å². The molecule has 0 spiro atoms. The normalized spacial score (nSPS) is 12.6. The molecule has 27 heavy (non-hydrogen) atoms. The average molecular weight is 387 g/mol. The molecule has 0 aromatic rings. The third-order valence-electron chi connectivity index (χ3n) is 5.21. The first-order valence-electron chi connectivity index (χ1n) is 12.1. The molecule has 0 aliphatic heterocycles. The van der Waals surface area contributed by atoms with Crippen molar-refractivity contribution in [3.8, 4) is 0 Å². The van der Waals surface area contributed by atoms with E-state index < -0.39 is 0 Å². The highest BCUT2D eigenvalue weighted by Crippen LogP contribution is 2.13. The molecule has 3 heteroatoms. The number of unbranched alkanes of at least 4 members (excludes halogenated alkanes) is 15. The van der Waals surface area contributed by atoms with Gasteiger partial charge in [-0.25, -0.2) is 0 Å². The first kappa shape index (κ1) is 26.9. The topological polar surface area (TPSA) is 38.7 Å². The summed E-state index contributed by atoms with van der Waals surface area (Å²) in [6.45, 7) is 6.44. The third kappa shape index (κ3) is 22.0. The summed E-state index contributed by atoms with van der Waals surface area (Å²) in [6.07, 6.45) is 23.1. The molecule has 0 aliphatic carbocycles. The second-order valence-electron chi connectivity index (χ2n) is 8.05. The second-order valence-corrected chi connectivity index (χ2v) is 8.05. The lowest BCUT2D eigenvalue weighted by Gasteiger charge is -2.15. The van der Waals surface area contributed by atoms with Gasteiger partial charge in [0, 0.05) is 13.2 Å². The van der Waals surface area contributed by atoms with Crippen molar-refractivity contribution in [3.05, 3.63) is 0 Å². The van der Waals surface area contributed by atoms with Gasteiger partial charge in [0.05, 0.1) is 13.2 Å². The van der Waals surface area contributed by atoms with Crippen molar-refractivity contribution in [3.63, 3.8) is 0 Å². The van der Waals surface area contributed by atoms with Gasteiger partial charge in [-0.15, -0.1) is 0 Å². The fraction of sp³-hybridized carbons (Fsp3) is 1.00. The summed E-state index contributed by atoms with van der Waals surface area (Å²) in [4.78, 5) is 0. The molecule has 0 aromatic heterocycles. The molecule has 0 saturated heterocycles. The van der Waals surface area contributed by atoms with Crippen molar-refractivity contribution in [1.29, 1.82) is 0 Å². The van der Waals surface area contributed by atoms with Gasteiger partial charge in [-0.05, 0) is 12.8 Å². The molecule has 0 aliphatic rings. The minimum Gasteiger partial charge on any atom is -0.394 e. The van der Waals surface area contributed by atoms with Gasteiger partial charge < -0.3 is 14.6 Å². The Balaban J connectivity index is 3.10. The van der Waals surface area contributed by atoms with Gasteiger partial charge in [-0.2, -0.15) is 0 Å². The summed E-state index contributed by atoms with van der Waals surface area (Å²) in [5.41, 5.74) is 0. The van der Waals surface area contributed by atoms with Crippen LogP contribution < -0.4 is 0 Å². The van der Waals surface area contributed by atoms with E-state index in [4.69, 9.17) is 9.47 Å². The minimum absolute atomic E-state index is 0.0545. The molecule has 0 fully saturated rings. The van der Waals surface area contributed by atoms with Crippen molar-refractivity contribution in [2.75, 3.05) is 26.4 Å². The Bertz CT molecular complexity index is 258. The van der Waals surface area contributed by atoms with Crippen LogP contribution in [0.15, 0.2) is 0 Å². The lowest BCUT2D eigenvalue weighted by molar-refractivity contribution is -0.0425. The summed E-state index contributed by atoms with van der Waals surface area (Å²) in [7, 11) is 0. The van der Waals surface area contributed by atoms with Crippen LogP contribution in [0.4, 0.5) is 0 Å². The lowest BCUT2D eigenvalue weighted by Crippen LogP contribution is -2.24. The van der Waals surface area contributed by atoms with Gasteiger partial charge >= 0.3 is 0 Å². The first-order chi connectivity index (χ1) is 13.3. The molecule has 0 rings (SSSR count). The number of hydrogen-bond acceptors (Lipinski definition) is 3. The van der Waals surface area contributed by atoms with Crippen LogP contribution in [0.3, 0.4) is 0 Å². The summed E-state index contributed by atoms with van der Waals surface area (Å²) < 4.78 is 11.1. The van der Waals surface area contributed by atoms with Crippen LogP contribution in [-0.4, -0.2) is 37.6 Å². The SMILES string of the molecule is CCCCCCCCCCCCCCCCCCOCC(CO)OCCC. The molecule has 0 amide bonds. The summed E-state index contributed by atoms with van der Waals surface area (Å²) in [5.74, 6) is 0. The number of ether oxygens (including phenoxy) is 2. The number of rotatable bonds is 23. The third-order valence-corrected chi connectivity index (χ3v) is 5.21. The Morgan fingerprint density at radius 3 is 1.41 bits per heavy atom. The zero-order chi connectivity index (χ0) is 19.8. The van der Waals surface area contributed by atoms with E-state index in [0.29, 0.717) is 13.2 Å². The average Bonchev–Trinajstić information content (AvgIpc) is 2.69. The van der Waals surface area contributed by atoms with Crippen LogP contribution in [0.5, 0.6) is 0 Å². The highest BCUT2D eigenvalue weighted by atomic mass is 16.5. The fourth-order valence-corrected chi connectivity index (χ4v) is 3.41. The van der Waals surface area contributed by atoms with Gasteiger partial charge in [-0.1, -0.05) is 110 Å². The lowest BCUT2D eigenvalue weighted by atomic mass is 10.0. The molecule has 1 N–H and O–H groups in total. The van der Waals surface area contributed by atoms with E-state index in [1.54, 1.807) is 0 Å². The van der Waals surface area contributed by atoms with Crippen molar-refractivity contribution < 1.29 is 14.6 Å². The minimum atomic E-state index is -0.147. The maximum absolute atomic E-state index is 9.19. The van der Waals surface area contributed by atoms with E-state index in [1.807, 2.05) is 0 Å². The van der Waals surface area contributed by atoms with E-state index >= 15 is 0 Å². The molecular weight excluding hydrogens is 336 g/mol. The van der Waals surface area contributed by atoms with Crippen molar-refractivity contribution in [2.45, 2.75) is 129 Å². The number of hydrogen-bond donors (Lipinski definition) is 1. The largest absolute Gasteiger partial charge is 0.394 e. The number of aliphatic hydroxyl groups is 1. The molecular formula is C24H50O3. The Morgan fingerprint density at radius 1 is 0.556 bits per heavy atom. The van der Waals surface area contributed by atoms with E-state index in [0.717, 1.165) is 19.4 Å².